The quantitative estimate of drug-likeness (QED) is 0.623. The molecule has 3 heterocycles. The molecule has 1 N–H and O–H groups in total. The van der Waals surface area contributed by atoms with Gasteiger partial charge in [0.25, 0.3) is 5.91 Å². The van der Waals surface area contributed by atoms with Crippen LogP contribution in [0.2, 0.25) is 0 Å². The highest BCUT2D eigenvalue weighted by Gasteiger charge is 2.30. The van der Waals surface area contributed by atoms with Crippen LogP contribution in [-0.4, -0.2) is 56.2 Å². The van der Waals surface area contributed by atoms with Crippen LogP contribution in [-0.2, 0) is 11.2 Å². The van der Waals surface area contributed by atoms with Crippen LogP contribution in [0, 0.1) is 18.3 Å². The Morgan fingerprint density at radius 2 is 2.15 bits per heavy atom. The first-order chi connectivity index (χ1) is 15.9. The van der Waals surface area contributed by atoms with Crippen molar-refractivity contribution in [3.05, 3.63) is 71.4 Å². The number of likely N-dealkylation sites (tertiary alicyclic amines) is 1. The van der Waals surface area contributed by atoms with Crippen molar-refractivity contribution in [1.29, 1.82) is 5.26 Å². The number of carbonyl (C=O) groups excluding carboxylic acids is 1. The Morgan fingerprint density at radius 1 is 1.30 bits per heavy atom. The molecule has 1 aliphatic rings. The molecule has 4 rings (SSSR count). The lowest BCUT2D eigenvalue weighted by atomic mass is 10.1. The van der Waals surface area contributed by atoms with Crippen molar-refractivity contribution in [2.75, 3.05) is 13.1 Å². The predicted molar refractivity (Wildman–Crippen MR) is 121 cm³/mol. The highest BCUT2D eigenvalue weighted by molar-refractivity contribution is 5.80. The van der Waals surface area contributed by atoms with Crippen LogP contribution >= 0.6 is 0 Å². The lowest BCUT2D eigenvalue weighted by Gasteiger charge is -2.19. The van der Waals surface area contributed by atoms with E-state index in [1.54, 1.807) is 23.2 Å². The van der Waals surface area contributed by atoms with E-state index >= 15 is 0 Å². The molecule has 0 saturated carbocycles. The molecule has 8 heteroatoms. The number of aliphatic hydroxyl groups excluding tert-OH is 1. The van der Waals surface area contributed by atoms with Crippen LogP contribution in [0.4, 0.5) is 0 Å². The normalized spacial score (nSPS) is 16.3. The standard InChI is InChI=1S/C25H25N5O3/c1-16-3-4-18(14-28-16)11-24-27-9-7-22(29-24)19-5-6-23(20(12-19)13-26)33-21-8-10-30(15-21)25(32)17(2)31/h3-7,9,12,14,17,21,31H,8,10-11,15H2,1-2H3/t17-,21+/m0/s1. The summed E-state index contributed by atoms with van der Waals surface area (Å²) < 4.78 is 6.02. The smallest absolute Gasteiger partial charge is 0.251 e. The second-order valence-electron chi connectivity index (χ2n) is 8.15. The summed E-state index contributed by atoms with van der Waals surface area (Å²) in [5.74, 6) is 0.835. The Labute approximate surface area is 192 Å². The zero-order valence-corrected chi connectivity index (χ0v) is 18.6. The number of hydrogen-bond donors (Lipinski definition) is 1. The Bertz CT molecular complexity index is 1190. The molecule has 8 nitrogen and oxygen atoms in total. The summed E-state index contributed by atoms with van der Waals surface area (Å²) in [5, 5.41) is 19.2. The van der Waals surface area contributed by atoms with Gasteiger partial charge in [-0.25, -0.2) is 9.97 Å². The van der Waals surface area contributed by atoms with E-state index in [2.05, 4.69) is 21.0 Å². The minimum Gasteiger partial charge on any atom is -0.487 e. The van der Waals surface area contributed by atoms with Crippen LogP contribution in [0.25, 0.3) is 11.3 Å². The molecular formula is C25H25N5O3. The molecule has 0 bridgehead atoms. The average molecular weight is 444 g/mol. The number of pyridine rings is 1. The van der Waals surface area contributed by atoms with E-state index in [0.717, 1.165) is 22.5 Å². The zero-order chi connectivity index (χ0) is 23.4. The van der Waals surface area contributed by atoms with E-state index in [1.807, 2.05) is 37.4 Å². The molecule has 0 aliphatic carbocycles. The first-order valence-corrected chi connectivity index (χ1v) is 10.8. The number of rotatable bonds is 6. The van der Waals surface area contributed by atoms with Gasteiger partial charge in [-0.05, 0) is 49.7 Å². The van der Waals surface area contributed by atoms with Crippen LogP contribution < -0.4 is 4.74 Å². The molecule has 1 amide bonds. The molecule has 1 fully saturated rings. The number of aromatic nitrogens is 3. The fourth-order valence-corrected chi connectivity index (χ4v) is 3.78. The third-order valence-corrected chi connectivity index (χ3v) is 5.54. The largest absolute Gasteiger partial charge is 0.487 e. The van der Waals surface area contributed by atoms with E-state index in [-0.39, 0.29) is 12.0 Å². The van der Waals surface area contributed by atoms with Crippen molar-refractivity contribution in [2.45, 2.75) is 38.9 Å². The molecule has 1 saturated heterocycles. The van der Waals surface area contributed by atoms with Gasteiger partial charge < -0.3 is 14.7 Å². The SMILES string of the molecule is Cc1ccc(Cc2nccc(-c3ccc(O[C@@H]4CCN(C(=O)[C@H](C)O)C4)c(C#N)c3)n2)cn1. The van der Waals surface area contributed by atoms with Crippen LogP contribution in [0.1, 0.15) is 36.0 Å². The molecular weight excluding hydrogens is 418 g/mol. The highest BCUT2D eigenvalue weighted by Crippen LogP contribution is 2.28. The van der Waals surface area contributed by atoms with Gasteiger partial charge in [0.15, 0.2) is 0 Å². The molecule has 2 aromatic heterocycles. The Kier molecular flexibility index (Phi) is 6.61. The second-order valence-corrected chi connectivity index (χ2v) is 8.15. The van der Waals surface area contributed by atoms with Gasteiger partial charge in [-0.15, -0.1) is 0 Å². The van der Waals surface area contributed by atoms with Crippen molar-refractivity contribution in [3.8, 4) is 23.1 Å². The van der Waals surface area contributed by atoms with Gasteiger partial charge >= 0.3 is 0 Å². The van der Waals surface area contributed by atoms with Crippen LogP contribution in [0.15, 0.2) is 48.8 Å². The summed E-state index contributed by atoms with van der Waals surface area (Å²) in [6.07, 6.45) is 3.49. The minimum absolute atomic E-state index is 0.223. The number of benzene rings is 1. The minimum atomic E-state index is -1.03. The van der Waals surface area contributed by atoms with E-state index in [1.165, 1.54) is 6.92 Å². The first kappa shape index (κ1) is 22.4. The molecule has 3 aromatic rings. The second kappa shape index (κ2) is 9.76. The molecule has 0 spiro atoms. The molecule has 0 unspecified atom stereocenters. The molecule has 1 aliphatic heterocycles. The van der Waals surface area contributed by atoms with E-state index in [9.17, 15) is 15.2 Å². The van der Waals surface area contributed by atoms with Crippen molar-refractivity contribution in [1.82, 2.24) is 19.9 Å². The highest BCUT2D eigenvalue weighted by atomic mass is 16.5. The summed E-state index contributed by atoms with van der Waals surface area (Å²) in [6.45, 7) is 4.31. The average Bonchev–Trinajstić information content (AvgIpc) is 3.29. The maximum Gasteiger partial charge on any atom is 0.251 e. The number of hydrogen-bond acceptors (Lipinski definition) is 7. The number of aliphatic hydroxyl groups is 1. The summed E-state index contributed by atoms with van der Waals surface area (Å²) in [6, 6.07) is 13.4. The molecule has 168 valence electrons. The van der Waals surface area contributed by atoms with Crippen molar-refractivity contribution >= 4 is 5.91 Å². The number of aryl methyl sites for hydroxylation is 1. The van der Waals surface area contributed by atoms with E-state index in [4.69, 9.17) is 4.74 Å². The van der Waals surface area contributed by atoms with Gasteiger partial charge in [-0.1, -0.05) is 6.07 Å². The number of carbonyl (C=O) groups is 1. The first-order valence-electron chi connectivity index (χ1n) is 10.8. The Balaban J connectivity index is 1.49. The lowest BCUT2D eigenvalue weighted by molar-refractivity contribution is -0.138. The fourth-order valence-electron chi connectivity index (χ4n) is 3.78. The van der Waals surface area contributed by atoms with E-state index < -0.39 is 6.10 Å². The molecule has 33 heavy (non-hydrogen) atoms. The summed E-state index contributed by atoms with van der Waals surface area (Å²) in [4.78, 5) is 26.9. The Morgan fingerprint density at radius 3 is 2.88 bits per heavy atom. The lowest BCUT2D eigenvalue weighted by Crippen LogP contribution is -2.37. The topological polar surface area (TPSA) is 112 Å². The van der Waals surface area contributed by atoms with Crippen molar-refractivity contribution in [3.63, 3.8) is 0 Å². The van der Waals surface area contributed by atoms with Gasteiger partial charge in [0, 0.05) is 43.0 Å². The third kappa shape index (κ3) is 5.33. The summed E-state index contributed by atoms with van der Waals surface area (Å²) >= 11 is 0. The van der Waals surface area contributed by atoms with Gasteiger partial charge in [0.2, 0.25) is 0 Å². The zero-order valence-electron chi connectivity index (χ0n) is 18.6. The summed E-state index contributed by atoms with van der Waals surface area (Å²) in [7, 11) is 0. The molecule has 1 aromatic carbocycles. The number of ether oxygens (including phenoxy) is 1. The van der Waals surface area contributed by atoms with Gasteiger partial charge in [0.1, 0.15) is 29.9 Å². The van der Waals surface area contributed by atoms with Crippen LogP contribution in [0.3, 0.4) is 0 Å². The monoisotopic (exact) mass is 443 g/mol. The van der Waals surface area contributed by atoms with Crippen LogP contribution in [0.5, 0.6) is 5.75 Å². The van der Waals surface area contributed by atoms with Gasteiger partial charge in [-0.3, -0.25) is 9.78 Å². The summed E-state index contributed by atoms with van der Waals surface area (Å²) in [5.41, 5.74) is 3.90. The van der Waals surface area contributed by atoms with Gasteiger partial charge in [-0.2, -0.15) is 5.26 Å². The maximum absolute atomic E-state index is 12.0. The fraction of sp³-hybridized carbons (Fsp3) is 0.320. The molecule has 0 radical (unpaired) electrons. The predicted octanol–water partition coefficient (Wildman–Crippen LogP) is 2.67. The van der Waals surface area contributed by atoms with Crippen molar-refractivity contribution in [2.24, 2.45) is 0 Å². The maximum atomic E-state index is 12.0. The van der Waals surface area contributed by atoms with Crippen molar-refractivity contribution < 1.29 is 14.6 Å². The van der Waals surface area contributed by atoms with Gasteiger partial charge in [0.05, 0.1) is 17.8 Å². The van der Waals surface area contributed by atoms with E-state index in [0.29, 0.717) is 43.1 Å². The number of amides is 1. The number of nitrogens with zero attached hydrogens (tertiary/aromatic N) is 5. The third-order valence-electron chi connectivity index (χ3n) is 5.54. The Hall–Kier alpha value is -3.83. The number of nitriles is 1. The molecule has 2 atom stereocenters.